The monoisotopic (exact) mass is 288 g/mol. The Balaban J connectivity index is 1.83. The van der Waals surface area contributed by atoms with Crippen molar-refractivity contribution >= 4 is 0 Å². The van der Waals surface area contributed by atoms with E-state index in [0.29, 0.717) is 6.61 Å². The third-order valence-electron chi connectivity index (χ3n) is 3.51. The van der Waals surface area contributed by atoms with Gasteiger partial charge in [-0.05, 0) is 36.6 Å². The predicted octanol–water partition coefficient (Wildman–Crippen LogP) is 2.86. The highest BCUT2D eigenvalue weighted by atomic mass is 16.5. The van der Waals surface area contributed by atoms with Gasteiger partial charge in [-0.1, -0.05) is 19.1 Å². The second kappa shape index (κ2) is 7.74. The molecule has 0 bridgehead atoms. The summed E-state index contributed by atoms with van der Waals surface area (Å²) in [5, 5.41) is 0. The molecule has 0 aliphatic heterocycles. The van der Waals surface area contributed by atoms with Gasteiger partial charge in [-0.25, -0.2) is 0 Å². The Morgan fingerprint density at radius 1 is 1.19 bits per heavy atom. The number of benzene rings is 1. The number of hydrogen-bond donors (Lipinski definition) is 1. The molecule has 114 valence electrons. The molecule has 2 rings (SSSR count). The highest BCUT2D eigenvalue weighted by Crippen LogP contribution is 2.25. The maximum absolute atomic E-state index is 5.97. The second-order valence-electron chi connectivity index (χ2n) is 5.13. The van der Waals surface area contributed by atoms with E-state index in [1.54, 1.807) is 7.11 Å². The number of nitrogens with zero attached hydrogens (tertiary/aromatic N) is 1. The quantitative estimate of drug-likeness (QED) is 0.812. The lowest BCUT2D eigenvalue weighted by Gasteiger charge is -2.10. The van der Waals surface area contributed by atoms with E-state index in [4.69, 9.17) is 15.2 Å². The van der Waals surface area contributed by atoms with Crippen LogP contribution in [0.1, 0.15) is 18.9 Å². The molecule has 0 aliphatic rings. The van der Waals surface area contributed by atoms with Crippen LogP contribution < -0.4 is 15.2 Å². The molecule has 1 atom stereocenters. The van der Waals surface area contributed by atoms with Crippen molar-refractivity contribution in [3.05, 3.63) is 48.3 Å². The number of ether oxygens (including phenoxy) is 2. The lowest BCUT2D eigenvalue weighted by molar-refractivity contribution is 0.280. The number of methoxy groups -OCH3 is 1. The Morgan fingerprint density at radius 2 is 1.95 bits per heavy atom. The number of aromatic nitrogens is 1. The summed E-state index contributed by atoms with van der Waals surface area (Å²) >= 11 is 0. The maximum atomic E-state index is 5.97. The minimum Gasteiger partial charge on any atom is -0.493 e. The van der Waals surface area contributed by atoms with Crippen molar-refractivity contribution in [1.29, 1.82) is 0 Å². The Morgan fingerprint density at radius 3 is 2.67 bits per heavy atom. The van der Waals surface area contributed by atoms with Crippen LogP contribution in [0.3, 0.4) is 0 Å². The predicted molar refractivity (Wildman–Crippen MR) is 84.9 cm³/mol. The molecule has 0 saturated carbocycles. The van der Waals surface area contributed by atoms with Gasteiger partial charge >= 0.3 is 0 Å². The fourth-order valence-electron chi connectivity index (χ4n) is 2.20. The van der Waals surface area contributed by atoms with Crippen LogP contribution in [0.2, 0.25) is 0 Å². The Kier molecular flexibility index (Phi) is 5.69. The van der Waals surface area contributed by atoms with Crippen molar-refractivity contribution in [2.24, 2.45) is 5.73 Å². The van der Waals surface area contributed by atoms with Crippen molar-refractivity contribution < 1.29 is 9.47 Å². The van der Waals surface area contributed by atoms with E-state index >= 15 is 0 Å². The number of para-hydroxylation sites is 2. The highest BCUT2D eigenvalue weighted by molar-refractivity contribution is 5.39. The zero-order valence-corrected chi connectivity index (χ0v) is 12.8. The SMILES string of the molecule is CCC(N)Cc1ccn(CCOc2ccccc2OC)c1. The smallest absolute Gasteiger partial charge is 0.161 e. The fraction of sp³-hybridized carbons (Fsp3) is 0.412. The molecule has 0 saturated heterocycles. The van der Waals surface area contributed by atoms with Gasteiger partial charge in [-0.2, -0.15) is 0 Å². The van der Waals surface area contributed by atoms with E-state index in [2.05, 4.69) is 30.0 Å². The summed E-state index contributed by atoms with van der Waals surface area (Å²) in [5.74, 6) is 1.54. The second-order valence-corrected chi connectivity index (χ2v) is 5.13. The van der Waals surface area contributed by atoms with E-state index < -0.39 is 0 Å². The van der Waals surface area contributed by atoms with Gasteiger partial charge in [-0.15, -0.1) is 0 Å². The van der Waals surface area contributed by atoms with Gasteiger partial charge < -0.3 is 19.8 Å². The van der Waals surface area contributed by atoms with Crippen LogP contribution in [0.15, 0.2) is 42.7 Å². The third-order valence-corrected chi connectivity index (χ3v) is 3.51. The summed E-state index contributed by atoms with van der Waals surface area (Å²) in [6, 6.07) is 10.1. The van der Waals surface area contributed by atoms with E-state index in [9.17, 15) is 0 Å². The van der Waals surface area contributed by atoms with Crippen LogP contribution in [-0.2, 0) is 13.0 Å². The van der Waals surface area contributed by atoms with Crippen LogP contribution in [0.25, 0.3) is 0 Å². The molecule has 2 aromatic rings. The first-order chi connectivity index (χ1) is 10.2. The van der Waals surface area contributed by atoms with Crippen LogP contribution in [0.4, 0.5) is 0 Å². The summed E-state index contributed by atoms with van der Waals surface area (Å²) in [6.07, 6.45) is 6.14. The third kappa shape index (κ3) is 4.53. The van der Waals surface area contributed by atoms with Gasteiger partial charge in [0.1, 0.15) is 6.61 Å². The molecule has 21 heavy (non-hydrogen) atoms. The molecular formula is C17H24N2O2. The molecule has 1 aromatic heterocycles. The van der Waals surface area contributed by atoms with Crippen molar-refractivity contribution in [2.45, 2.75) is 32.4 Å². The normalized spacial score (nSPS) is 12.1. The standard InChI is InChI=1S/C17H24N2O2/c1-3-15(18)12-14-8-9-19(13-14)10-11-21-17-7-5-4-6-16(17)20-2/h4-9,13,15H,3,10-12,18H2,1-2H3. The van der Waals surface area contributed by atoms with Crippen molar-refractivity contribution in [3.63, 3.8) is 0 Å². The molecular weight excluding hydrogens is 264 g/mol. The van der Waals surface area contributed by atoms with Crippen LogP contribution >= 0.6 is 0 Å². The van der Waals surface area contributed by atoms with Gasteiger partial charge in [0.05, 0.1) is 13.7 Å². The highest BCUT2D eigenvalue weighted by Gasteiger charge is 2.04. The average molecular weight is 288 g/mol. The Hall–Kier alpha value is -1.94. The van der Waals surface area contributed by atoms with Crippen LogP contribution in [-0.4, -0.2) is 24.3 Å². The van der Waals surface area contributed by atoms with Gasteiger partial charge in [-0.3, -0.25) is 0 Å². The number of nitrogens with two attached hydrogens (primary N) is 1. The summed E-state index contributed by atoms with van der Waals surface area (Å²) in [6.45, 7) is 3.52. The molecule has 0 fully saturated rings. The lowest BCUT2D eigenvalue weighted by atomic mass is 10.1. The Labute approximate surface area is 126 Å². The first-order valence-corrected chi connectivity index (χ1v) is 7.39. The first-order valence-electron chi connectivity index (χ1n) is 7.39. The topological polar surface area (TPSA) is 49.4 Å². The van der Waals surface area contributed by atoms with Gasteiger partial charge in [0.2, 0.25) is 0 Å². The zero-order chi connectivity index (χ0) is 15.1. The summed E-state index contributed by atoms with van der Waals surface area (Å²) in [7, 11) is 1.65. The largest absolute Gasteiger partial charge is 0.493 e. The van der Waals surface area contributed by atoms with Crippen molar-refractivity contribution in [1.82, 2.24) is 4.57 Å². The first kappa shape index (κ1) is 15.4. The fourth-order valence-corrected chi connectivity index (χ4v) is 2.20. The lowest BCUT2D eigenvalue weighted by Crippen LogP contribution is -2.21. The van der Waals surface area contributed by atoms with E-state index in [1.165, 1.54) is 5.56 Å². The summed E-state index contributed by atoms with van der Waals surface area (Å²) in [5.41, 5.74) is 7.25. The van der Waals surface area contributed by atoms with Crippen LogP contribution in [0.5, 0.6) is 11.5 Å². The van der Waals surface area contributed by atoms with E-state index in [1.807, 2.05) is 24.3 Å². The summed E-state index contributed by atoms with van der Waals surface area (Å²) < 4.78 is 13.2. The molecule has 0 aliphatic carbocycles. The molecule has 4 heteroatoms. The molecule has 4 nitrogen and oxygen atoms in total. The molecule has 0 radical (unpaired) electrons. The van der Waals surface area contributed by atoms with E-state index in [0.717, 1.165) is 30.9 Å². The maximum Gasteiger partial charge on any atom is 0.161 e. The number of rotatable bonds is 8. The minimum atomic E-state index is 0.241. The number of hydrogen-bond acceptors (Lipinski definition) is 3. The molecule has 1 unspecified atom stereocenters. The molecule has 2 N–H and O–H groups in total. The summed E-state index contributed by atoms with van der Waals surface area (Å²) in [4.78, 5) is 0. The van der Waals surface area contributed by atoms with Gasteiger partial charge in [0.15, 0.2) is 11.5 Å². The van der Waals surface area contributed by atoms with Crippen molar-refractivity contribution in [3.8, 4) is 11.5 Å². The zero-order valence-electron chi connectivity index (χ0n) is 12.8. The molecule has 0 spiro atoms. The minimum absolute atomic E-state index is 0.241. The molecule has 1 aromatic carbocycles. The van der Waals surface area contributed by atoms with Gasteiger partial charge in [0.25, 0.3) is 0 Å². The van der Waals surface area contributed by atoms with Crippen molar-refractivity contribution in [2.75, 3.05) is 13.7 Å². The van der Waals surface area contributed by atoms with Crippen LogP contribution in [0, 0.1) is 0 Å². The molecule has 1 heterocycles. The van der Waals surface area contributed by atoms with E-state index in [-0.39, 0.29) is 6.04 Å². The average Bonchev–Trinajstić information content (AvgIpc) is 2.95. The Bertz CT molecular complexity index is 551. The molecule has 0 amide bonds. The van der Waals surface area contributed by atoms with Gasteiger partial charge in [0, 0.05) is 18.4 Å².